The Hall–Kier alpha value is -0.120. The number of aliphatic hydroxyl groups excluding tert-OH is 1. The molecule has 0 saturated carbocycles. The first kappa shape index (κ1) is 8.48. The van der Waals surface area contributed by atoms with E-state index in [0.717, 1.165) is 32.3 Å². The molecular formula is C9H17NO2. The number of aliphatic hydroxyl groups is 1. The van der Waals surface area contributed by atoms with Gasteiger partial charge in [-0.25, -0.2) is 0 Å². The van der Waals surface area contributed by atoms with Crippen LogP contribution in [0.1, 0.15) is 25.7 Å². The van der Waals surface area contributed by atoms with E-state index in [1.54, 1.807) is 7.11 Å². The number of hydrogen-bond acceptors (Lipinski definition) is 3. The molecule has 0 spiro atoms. The molecule has 0 amide bonds. The highest BCUT2D eigenvalue weighted by atomic mass is 16.5. The molecule has 2 bridgehead atoms. The lowest BCUT2D eigenvalue weighted by atomic mass is 9.83. The van der Waals surface area contributed by atoms with Gasteiger partial charge in [-0.15, -0.1) is 0 Å². The largest absolute Gasteiger partial charge is 0.394 e. The molecular weight excluding hydrogens is 154 g/mol. The van der Waals surface area contributed by atoms with E-state index in [2.05, 4.69) is 5.32 Å². The molecule has 2 heterocycles. The first-order valence-electron chi connectivity index (χ1n) is 4.63. The first-order valence-corrected chi connectivity index (χ1v) is 4.63. The molecule has 2 aliphatic heterocycles. The molecule has 0 aromatic carbocycles. The zero-order chi connectivity index (χ0) is 8.66. The van der Waals surface area contributed by atoms with Gasteiger partial charge in [0, 0.05) is 18.2 Å². The standard InChI is InChI=1S/C9H17NO2/c1-12-7-9-4-2-8(6-11,10-9)3-5-9/h10-11H,2-7H2,1H3. The minimum Gasteiger partial charge on any atom is -0.394 e. The van der Waals surface area contributed by atoms with Crippen molar-refractivity contribution >= 4 is 0 Å². The summed E-state index contributed by atoms with van der Waals surface area (Å²) >= 11 is 0. The van der Waals surface area contributed by atoms with E-state index in [1.165, 1.54) is 0 Å². The molecule has 2 rings (SSSR count). The Morgan fingerprint density at radius 2 is 1.83 bits per heavy atom. The smallest absolute Gasteiger partial charge is 0.0644 e. The van der Waals surface area contributed by atoms with Crippen molar-refractivity contribution in [1.29, 1.82) is 0 Å². The van der Waals surface area contributed by atoms with Crippen molar-refractivity contribution in [3.63, 3.8) is 0 Å². The summed E-state index contributed by atoms with van der Waals surface area (Å²) in [5.74, 6) is 0. The number of methoxy groups -OCH3 is 1. The lowest BCUT2D eigenvalue weighted by Crippen LogP contribution is -2.46. The van der Waals surface area contributed by atoms with E-state index < -0.39 is 0 Å². The molecule has 2 fully saturated rings. The van der Waals surface area contributed by atoms with Crippen LogP contribution in [0.3, 0.4) is 0 Å². The number of nitrogens with one attached hydrogen (secondary N) is 1. The van der Waals surface area contributed by atoms with Crippen molar-refractivity contribution in [2.75, 3.05) is 20.3 Å². The maximum atomic E-state index is 9.22. The molecule has 0 unspecified atom stereocenters. The lowest BCUT2D eigenvalue weighted by Gasteiger charge is -2.24. The van der Waals surface area contributed by atoms with Crippen LogP contribution < -0.4 is 5.32 Å². The molecule has 0 radical (unpaired) electrons. The monoisotopic (exact) mass is 171 g/mol. The van der Waals surface area contributed by atoms with Gasteiger partial charge in [0.05, 0.1) is 13.2 Å². The highest BCUT2D eigenvalue weighted by Crippen LogP contribution is 2.44. The molecule has 0 atom stereocenters. The van der Waals surface area contributed by atoms with E-state index in [0.29, 0.717) is 0 Å². The molecule has 12 heavy (non-hydrogen) atoms. The third kappa shape index (κ3) is 1.08. The zero-order valence-corrected chi connectivity index (χ0v) is 7.60. The van der Waals surface area contributed by atoms with E-state index in [1.807, 2.05) is 0 Å². The Labute approximate surface area is 73.1 Å². The van der Waals surface area contributed by atoms with Gasteiger partial charge in [0.1, 0.15) is 0 Å². The third-order valence-corrected chi connectivity index (χ3v) is 3.42. The van der Waals surface area contributed by atoms with Crippen molar-refractivity contribution in [2.24, 2.45) is 0 Å². The van der Waals surface area contributed by atoms with Crippen molar-refractivity contribution in [3.8, 4) is 0 Å². The van der Waals surface area contributed by atoms with Gasteiger partial charge >= 0.3 is 0 Å². The molecule has 0 aromatic rings. The van der Waals surface area contributed by atoms with Crippen LogP contribution in [0.4, 0.5) is 0 Å². The fraction of sp³-hybridized carbons (Fsp3) is 1.00. The van der Waals surface area contributed by atoms with Gasteiger partial charge < -0.3 is 15.2 Å². The van der Waals surface area contributed by atoms with Crippen LogP contribution in [-0.4, -0.2) is 36.5 Å². The summed E-state index contributed by atoms with van der Waals surface area (Å²) in [7, 11) is 1.74. The minimum absolute atomic E-state index is 0.0402. The van der Waals surface area contributed by atoms with Gasteiger partial charge in [-0.1, -0.05) is 0 Å². The van der Waals surface area contributed by atoms with Crippen molar-refractivity contribution in [3.05, 3.63) is 0 Å². The molecule has 0 aromatic heterocycles. The fourth-order valence-corrected chi connectivity index (χ4v) is 2.67. The second-order valence-corrected chi connectivity index (χ2v) is 4.28. The van der Waals surface area contributed by atoms with E-state index in [9.17, 15) is 5.11 Å². The topological polar surface area (TPSA) is 41.5 Å². The average Bonchev–Trinajstić information content (AvgIpc) is 2.61. The summed E-state index contributed by atoms with van der Waals surface area (Å²) in [4.78, 5) is 0. The Kier molecular flexibility index (Phi) is 1.90. The van der Waals surface area contributed by atoms with Crippen molar-refractivity contribution in [1.82, 2.24) is 5.32 Å². The molecule has 2 N–H and O–H groups in total. The van der Waals surface area contributed by atoms with Gasteiger partial charge in [-0.2, -0.15) is 0 Å². The Balaban J connectivity index is 2.07. The predicted octanol–water partition coefficient (Wildman–Crippen LogP) is 0.280. The van der Waals surface area contributed by atoms with Gasteiger partial charge in [0.25, 0.3) is 0 Å². The molecule has 3 heteroatoms. The maximum absolute atomic E-state index is 9.22. The quantitative estimate of drug-likeness (QED) is 0.641. The van der Waals surface area contributed by atoms with Crippen LogP contribution in [0.25, 0.3) is 0 Å². The van der Waals surface area contributed by atoms with Crippen LogP contribution >= 0.6 is 0 Å². The van der Waals surface area contributed by atoms with Crippen LogP contribution in [0, 0.1) is 0 Å². The van der Waals surface area contributed by atoms with Gasteiger partial charge in [0.15, 0.2) is 0 Å². The summed E-state index contributed by atoms with van der Waals surface area (Å²) in [6, 6.07) is 0. The summed E-state index contributed by atoms with van der Waals surface area (Å²) in [5.41, 5.74) is 0.232. The molecule has 0 aliphatic carbocycles. The number of rotatable bonds is 3. The Morgan fingerprint density at radius 3 is 2.25 bits per heavy atom. The molecule has 3 nitrogen and oxygen atoms in total. The normalized spacial score (nSPS) is 45.5. The number of ether oxygens (including phenoxy) is 1. The van der Waals surface area contributed by atoms with Gasteiger partial charge in [-0.05, 0) is 25.7 Å². The summed E-state index contributed by atoms with van der Waals surface area (Å²) in [6.45, 7) is 1.06. The summed E-state index contributed by atoms with van der Waals surface area (Å²) in [6.07, 6.45) is 4.52. The van der Waals surface area contributed by atoms with E-state index in [-0.39, 0.29) is 17.7 Å². The lowest BCUT2D eigenvalue weighted by molar-refractivity contribution is 0.122. The predicted molar refractivity (Wildman–Crippen MR) is 46.0 cm³/mol. The van der Waals surface area contributed by atoms with Crippen molar-refractivity contribution < 1.29 is 9.84 Å². The van der Waals surface area contributed by atoms with E-state index in [4.69, 9.17) is 4.74 Å². The van der Waals surface area contributed by atoms with Crippen LogP contribution in [0.15, 0.2) is 0 Å². The SMILES string of the molecule is COCC12CCC(CO)(CC1)N2. The van der Waals surface area contributed by atoms with Gasteiger partial charge in [0.2, 0.25) is 0 Å². The Bertz CT molecular complexity index is 173. The summed E-state index contributed by atoms with van der Waals surface area (Å²) < 4.78 is 5.19. The summed E-state index contributed by atoms with van der Waals surface area (Å²) in [5, 5.41) is 12.8. The Morgan fingerprint density at radius 1 is 1.25 bits per heavy atom. The highest BCUT2D eigenvalue weighted by molar-refractivity contribution is 5.13. The van der Waals surface area contributed by atoms with E-state index >= 15 is 0 Å². The van der Waals surface area contributed by atoms with Crippen LogP contribution in [0.2, 0.25) is 0 Å². The zero-order valence-electron chi connectivity index (χ0n) is 7.60. The molecule has 2 saturated heterocycles. The fourth-order valence-electron chi connectivity index (χ4n) is 2.67. The average molecular weight is 171 g/mol. The first-order chi connectivity index (χ1) is 5.74. The third-order valence-electron chi connectivity index (χ3n) is 3.42. The second kappa shape index (κ2) is 2.69. The maximum Gasteiger partial charge on any atom is 0.0644 e. The molecule has 70 valence electrons. The molecule has 2 aliphatic rings. The van der Waals surface area contributed by atoms with Gasteiger partial charge in [-0.3, -0.25) is 0 Å². The van der Waals surface area contributed by atoms with Crippen LogP contribution in [0.5, 0.6) is 0 Å². The number of fused-ring (bicyclic) bond motifs is 2. The minimum atomic E-state index is 0.0402. The van der Waals surface area contributed by atoms with Crippen LogP contribution in [-0.2, 0) is 4.74 Å². The second-order valence-electron chi connectivity index (χ2n) is 4.28. The number of hydrogen-bond donors (Lipinski definition) is 2. The highest BCUT2D eigenvalue weighted by Gasteiger charge is 2.53. The van der Waals surface area contributed by atoms with Crippen molar-refractivity contribution in [2.45, 2.75) is 36.8 Å².